The lowest BCUT2D eigenvalue weighted by Gasteiger charge is -2.34. The summed E-state index contributed by atoms with van der Waals surface area (Å²) in [5.74, 6) is -1.57. The molecule has 0 aromatic carbocycles. The summed E-state index contributed by atoms with van der Waals surface area (Å²) >= 11 is 0. The number of carbonyl (C=O) groups excluding carboxylic acids is 2. The maximum atomic E-state index is 12.6. The van der Waals surface area contributed by atoms with Gasteiger partial charge in [-0.25, -0.2) is 0 Å². The number of carboxylic acids is 1. The summed E-state index contributed by atoms with van der Waals surface area (Å²) in [6.45, 7) is 3.21. The quantitative estimate of drug-likeness (QED) is 0.803. The topological polar surface area (TPSA) is 101 Å². The van der Waals surface area contributed by atoms with Gasteiger partial charge in [-0.3, -0.25) is 14.4 Å². The van der Waals surface area contributed by atoms with E-state index in [1.54, 1.807) is 4.90 Å². The van der Waals surface area contributed by atoms with Crippen molar-refractivity contribution < 1.29 is 19.5 Å². The highest BCUT2D eigenvalue weighted by molar-refractivity contribution is 5.85. The highest BCUT2D eigenvalue weighted by Crippen LogP contribution is 2.38. The standard InChI is InChI=1S/C15H24N2O4/c1-9-6-11(12(7-9)15(20)21)14(19)17-4-2-10(3-5-17)8-13(16)18/h9-12H,2-8H2,1H3,(H2,16,18)(H,20,21). The van der Waals surface area contributed by atoms with E-state index in [1.165, 1.54) is 0 Å². The molecule has 6 nitrogen and oxygen atoms in total. The number of carbonyl (C=O) groups is 3. The Morgan fingerprint density at radius 2 is 1.71 bits per heavy atom. The molecule has 3 unspecified atom stereocenters. The Kier molecular flexibility index (Phi) is 4.85. The molecule has 2 fully saturated rings. The van der Waals surface area contributed by atoms with Gasteiger partial charge in [0.1, 0.15) is 0 Å². The lowest BCUT2D eigenvalue weighted by atomic mass is 9.90. The van der Waals surface area contributed by atoms with Gasteiger partial charge in [-0.1, -0.05) is 6.92 Å². The van der Waals surface area contributed by atoms with Crippen molar-refractivity contribution in [2.75, 3.05) is 13.1 Å². The summed E-state index contributed by atoms with van der Waals surface area (Å²) in [7, 11) is 0. The maximum absolute atomic E-state index is 12.6. The highest BCUT2D eigenvalue weighted by Gasteiger charge is 2.43. The van der Waals surface area contributed by atoms with E-state index >= 15 is 0 Å². The molecular weight excluding hydrogens is 272 g/mol. The van der Waals surface area contributed by atoms with Crippen molar-refractivity contribution >= 4 is 17.8 Å². The maximum Gasteiger partial charge on any atom is 0.307 e. The Morgan fingerprint density at radius 1 is 1.14 bits per heavy atom. The molecule has 6 heteroatoms. The lowest BCUT2D eigenvalue weighted by Crippen LogP contribution is -2.44. The minimum atomic E-state index is -0.860. The van der Waals surface area contributed by atoms with Crippen LogP contribution in [-0.4, -0.2) is 40.9 Å². The van der Waals surface area contributed by atoms with Crippen LogP contribution in [0.3, 0.4) is 0 Å². The minimum Gasteiger partial charge on any atom is -0.481 e. The third-order valence-electron chi connectivity index (χ3n) is 4.85. The second kappa shape index (κ2) is 6.45. The Morgan fingerprint density at radius 3 is 2.24 bits per heavy atom. The van der Waals surface area contributed by atoms with Gasteiger partial charge in [-0.05, 0) is 37.5 Å². The molecule has 2 rings (SSSR count). The first-order valence-corrected chi connectivity index (χ1v) is 7.68. The Hall–Kier alpha value is -1.59. The fourth-order valence-corrected chi connectivity index (χ4v) is 3.71. The van der Waals surface area contributed by atoms with Crippen LogP contribution in [0.2, 0.25) is 0 Å². The molecule has 2 amide bonds. The zero-order valence-electron chi connectivity index (χ0n) is 12.5. The largest absolute Gasteiger partial charge is 0.481 e. The van der Waals surface area contributed by atoms with Crippen LogP contribution in [-0.2, 0) is 14.4 Å². The molecule has 118 valence electrons. The molecule has 0 bridgehead atoms. The number of hydrogen-bond donors (Lipinski definition) is 2. The number of hydrogen-bond acceptors (Lipinski definition) is 3. The first-order chi connectivity index (χ1) is 9.88. The molecule has 1 aliphatic carbocycles. The smallest absolute Gasteiger partial charge is 0.307 e. The molecule has 0 aromatic heterocycles. The van der Waals surface area contributed by atoms with Crippen LogP contribution in [0.1, 0.15) is 39.0 Å². The van der Waals surface area contributed by atoms with Crippen molar-refractivity contribution in [1.82, 2.24) is 4.90 Å². The molecule has 1 saturated heterocycles. The molecule has 0 aromatic rings. The third-order valence-corrected chi connectivity index (χ3v) is 4.85. The number of nitrogens with zero attached hydrogens (tertiary/aromatic N) is 1. The minimum absolute atomic E-state index is 0.0238. The van der Waals surface area contributed by atoms with Gasteiger partial charge in [0.2, 0.25) is 11.8 Å². The van der Waals surface area contributed by atoms with Gasteiger partial charge in [-0.15, -0.1) is 0 Å². The van der Waals surface area contributed by atoms with Crippen LogP contribution in [0.25, 0.3) is 0 Å². The van der Waals surface area contributed by atoms with Crippen molar-refractivity contribution in [2.45, 2.75) is 39.0 Å². The second-order valence-electron chi connectivity index (χ2n) is 6.57. The van der Waals surface area contributed by atoms with Gasteiger partial charge in [0, 0.05) is 19.5 Å². The first-order valence-electron chi connectivity index (χ1n) is 7.68. The molecule has 1 aliphatic heterocycles. The van der Waals surface area contributed by atoms with Gasteiger partial charge in [0.25, 0.3) is 0 Å². The van der Waals surface area contributed by atoms with Gasteiger partial charge < -0.3 is 15.7 Å². The van der Waals surface area contributed by atoms with E-state index in [0.717, 1.165) is 12.8 Å². The SMILES string of the molecule is CC1CC(C(=O)O)C(C(=O)N2CCC(CC(N)=O)CC2)C1. The first kappa shape index (κ1) is 15.8. The monoisotopic (exact) mass is 296 g/mol. The average molecular weight is 296 g/mol. The van der Waals surface area contributed by atoms with Gasteiger partial charge >= 0.3 is 5.97 Å². The van der Waals surface area contributed by atoms with Crippen LogP contribution >= 0.6 is 0 Å². The normalized spacial score (nSPS) is 30.3. The molecule has 21 heavy (non-hydrogen) atoms. The Balaban J connectivity index is 1.92. The molecule has 0 radical (unpaired) electrons. The zero-order chi connectivity index (χ0) is 15.6. The van der Waals surface area contributed by atoms with E-state index in [9.17, 15) is 19.5 Å². The van der Waals surface area contributed by atoms with E-state index in [1.807, 2.05) is 6.92 Å². The number of carboxylic acid groups (broad SMARTS) is 1. The molecule has 0 spiro atoms. The van der Waals surface area contributed by atoms with E-state index in [2.05, 4.69) is 0 Å². The van der Waals surface area contributed by atoms with Crippen molar-refractivity contribution in [3.8, 4) is 0 Å². The van der Waals surface area contributed by atoms with Crippen LogP contribution in [0.15, 0.2) is 0 Å². The molecule has 2 aliphatic rings. The predicted octanol–water partition coefficient (Wildman–Crippen LogP) is 0.847. The summed E-state index contributed by atoms with van der Waals surface area (Å²) in [6, 6.07) is 0. The van der Waals surface area contributed by atoms with E-state index in [0.29, 0.717) is 32.4 Å². The Bertz CT molecular complexity index is 429. The van der Waals surface area contributed by atoms with Crippen LogP contribution in [0.5, 0.6) is 0 Å². The third kappa shape index (κ3) is 3.74. The molecule has 1 saturated carbocycles. The van der Waals surface area contributed by atoms with Crippen molar-refractivity contribution in [3.05, 3.63) is 0 Å². The van der Waals surface area contributed by atoms with E-state index in [4.69, 9.17) is 5.73 Å². The predicted molar refractivity (Wildman–Crippen MR) is 76.1 cm³/mol. The van der Waals surface area contributed by atoms with E-state index in [-0.39, 0.29) is 29.6 Å². The number of rotatable bonds is 4. The number of primary amides is 1. The highest BCUT2D eigenvalue weighted by atomic mass is 16.4. The summed E-state index contributed by atoms with van der Waals surface area (Å²) in [6.07, 6.45) is 3.17. The van der Waals surface area contributed by atoms with Crippen LogP contribution in [0.4, 0.5) is 0 Å². The Labute approximate surface area is 124 Å². The fraction of sp³-hybridized carbons (Fsp3) is 0.800. The summed E-state index contributed by atoms with van der Waals surface area (Å²) in [5, 5.41) is 9.27. The van der Waals surface area contributed by atoms with Gasteiger partial charge in [0.15, 0.2) is 0 Å². The molecule has 3 N–H and O–H groups in total. The summed E-state index contributed by atoms with van der Waals surface area (Å²) in [4.78, 5) is 36.6. The molecule has 1 heterocycles. The van der Waals surface area contributed by atoms with Crippen LogP contribution < -0.4 is 5.73 Å². The van der Waals surface area contributed by atoms with Crippen molar-refractivity contribution in [1.29, 1.82) is 0 Å². The van der Waals surface area contributed by atoms with Crippen molar-refractivity contribution in [3.63, 3.8) is 0 Å². The van der Waals surface area contributed by atoms with E-state index < -0.39 is 11.9 Å². The number of piperidine rings is 1. The number of aliphatic carboxylic acids is 1. The molecule has 3 atom stereocenters. The average Bonchev–Trinajstić information content (AvgIpc) is 2.80. The zero-order valence-corrected chi connectivity index (χ0v) is 12.5. The number of amides is 2. The van der Waals surface area contributed by atoms with Crippen LogP contribution in [0, 0.1) is 23.7 Å². The van der Waals surface area contributed by atoms with Crippen molar-refractivity contribution in [2.24, 2.45) is 29.4 Å². The second-order valence-corrected chi connectivity index (χ2v) is 6.57. The number of likely N-dealkylation sites (tertiary alicyclic amines) is 1. The number of nitrogens with two attached hydrogens (primary N) is 1. The van der Waals surface area contributed by atoms with Gasteiger partial charge in [-0.2, -0.15) is 0 Å². The fourth-order valence-electron chi connectivity index (χ4n) is 3.71. The summed E-state index contributed by atoms with van der Waals surface area (Å²) < 4.78 is 0. The lowest BCUT2D eigenvalue weighted by molar-refractivity contribution is -0.149. The molecular formula is C15H24N2O4. The van der Waals surface area contributed by atoms with Gasteiger partial charge in [0.05, 0.1) is 11.8 Å². The summed E-state index contributed by atoms with van der Waals surface area (Å²) in [5.41, 5.74) is 5.20.